The van der Waals surface area contributed by atoms with E-state index in [0.717, 1.165) is 11.1 Å². The number of ether oxygens (including phenoxy) is 1. The van der Waals surface area contributed by atoms with Gasteiger partial charge in [-0.1, -0.05) is 41.9 Å². The molecule has 148 valence electrons. The summed E-state index contributed by atoms with van der Waals surface area (Å²) >= 11 is 6.05. The number of hydrogen-bond donors (Lipinski definition) is 2. The highest BCUT2D eigenvalue weighted by atomic mass is 35.5. The third-order valence-electron chi connectivity index (χ3n) is 3.93. The summed E-state index contributed by atoms with van der Waals surface area (Å²) in [4.78, 5) is 24.0. The average Bonchev–Trinajstić information content (AvgIpc) is 3.21. The standard InChI is InChI=1S/C22H19ClN2O4/c1-15-7-8-16(13-19(15)23)9-12-21(26)24-25-22(27)20-11-10-18(29-20)14-28-17-5-3-2-4-6-17/h2-13H,14H2,1H3,(H,24,26)(H,25,27)/b12-9+. The Morgan fingerprint density at radius 2 is 1.86 bits per heavy atom. The minimum absolute atomic E-state index is 0.0613. The predicted molar refractivity (Wildman–Crippen MR) is 110 cm³/mol. The maximum absolute atomic E-state index is 12.1. The Labute approximate surface area is 173 Å². The second kappa shape index (κ2) is 9.61. The lowest BCUT2D eigenvalue weighted by Crippen LogP contribution is -2.40. The molecule has 0 aliphatic carbocycles. The van der Waals surface area contributed by atoms with Crippen LogP contribution >= 0.6 is 11.6 Å². The highest BCUT2D eigenvalue weighted by Crippen LogP contribution is 2.17. The van der Waals surface area contributed by atoms with Gasteiger partial charge in [0.2, 0.25) is 0 Å². The molecule has 0 atom stereocenters. The van der Waals surface area contributed by atoms with Gasteiger partial charge in [-0.15, -0.1) is 0 Å². The minimum Gasteiger partial charge on any atom is -0.486 e. The molecule has 0 fully saturated rings. The Balaban J connectivity index is 1.47. The summed E-state index contributed by atoms with van der Waals surface area (Å²) in [5.74, 6) is 0.182. The van der Waals surface area contributed by atoms with E-state index in [4.69, 9.17) is 20.8 Å². The van der Waals surface area contributed by atoms with Crippen LogP contribution < -0.4 is 15.6 Å². The van der Waals surface area contributed by atoms with Crippen LogP contribution in [0.25, 0.3) is 6.08 Å². The summed E-state index contributed by atoms with van der Waals surface area (Å²) < 4.78 is 11.0. The van der Waals surface area contributed by atoms with Crippen LogP contribution in [-0.2, 0) is 11.4 Å². The number of amides is 2. The zero-order valence-electron chi connectivity index (χ0n) is 15.6. The Hall–Kier alpha value is -3.51. The molecule has 2 aromatic carbocycles. The number of carbonyl (C=O) groups excluding carboxylic acids is 2. The van der Waals surface area contributed by atoms with Crippen LogP contribution in [0.4, 0.5) is 0 Å². The largest absolute Gasteiger partial charge is 0.486 e. The lowest BCUT2D eigenvalue weighted by Gasteiger charge is -2.04. The van der Waals surface area contributed by atoms with E-state index in [-0.39, 0.29) is 12.4 Å². The number of aryl methyl sites for hydroxylation is 1. The van der Waals surface area contributed by atoms with Gasteiger partial charge in [-0.2, -0.15) is 0 Å². The molecule has 0 saturated carbocycles. The molecule has 0 radical (unpaired) electrons. The Kier molecular flexibility index (Phi) is 6.71. The van der Waals surface area contributed by atoms with E-state index in [9.17, 15) is 9.59 Å². The molecule has 0 saturated heterocycles. The molecular weight excluding hydrogens is 392 g/mol. The van der Waals surface area contributed by atoms with Crippen molar-refractivity contribution in [3.05, 3.63) is 94.4 Å². The van der Waals surface area contributed by atoms with E-state index < -0.39 is 11.8 Å². The van der Waals surface area contributed by atoms with E-state index in [1.807, 2.05) is 49.4 Å². The summed E-state index contributed by atoms with van der Waals surface area (Å²) in [5, 5.41) is 0.616. The number of para-hydroxylation sites is 1. The number of halogens is 1. The number of hydrogen-bond acceptors (Lipinski definition) is 4. The molecule has 1 aromatic heterocycles. The second-order valence-electron chi connectivity index (χ2n) is 6.15. The number of benzene rings is 2. The first-order valence-corrected chi connectivity index (χ1v) is 9.20. The van der Waals surface area contributed by atoms with E-state index >= 15 is 0 Å². The fourth-order valence-corrected chi connectivity index (χ4v) is 2.54. The van der Waals surface area contributed by atoms with E-state index in [0.29, 0.717) is 16.5 Å². The Morgan fingerprint density at radius 1 is 1.07 bits per heavy atom. The van der Waals surface area contributed by atoms with Crippen molar-refractivity contribution in [2.45, 2.75) is 13.5 Å². The number of nitrogens with one attached hydrogen (secondary N) is 2. The summed E-state index contributed by atoms with van der Waals surface area (Å²) in [6, 6.07) is 17.9. The quantitative estimate of drug-likeness (QED) is 0.469. The van der Waals surface area contributed by atoms with Gasteiger partial charge in [0.15, 0.2) is 5.76 Å². The smallest absolute Gasteiger partial charge is 0.305 e. The highest BCUT2D eigenvalue weighted by molar-refractivity contribution is 6.31. The molecule has 6 nitrogen and oxygen atoms in total. The third kappa shape index (κ3) is 5.99. The van der Waals surface area contributed by atoms with Crippen LogP contribution in [0.15, 0.2) is 71.2 Å². The van der Waals surface area contributed by atoms with Crippen molar-refractivity contribution in [2.24, 2.45) is 0 Å². The molecule has 2 amide bonds. The maximum atomic E-state index is 12.1. The fourth-order valence-electron chi connectivity index (χ4n) is 2.36. The van der Waals surface area contributed by atoms with Gasteiger partial charge in [0, 0.05) is 11.1 Å². The van der Waals surface area contributed by atoms with Crippen molar-refractivity contribution < 1.29 is 18.7 Å². The average molecular weight is 411 g/mol. The zero-order chi connectivity index (χ0) is 20.6. The van der Waals surface area contributed by atoms with E-state index in [2.05, 4.69) is 10.9 Å². The zero-order valence-corrected chi connectivity index (χ0v) is 16.4. The Morgan fingerprint density at radius 3 is 2.62 bits per heavy atom. The van der Waals surface area contributed by atoms with Crippen molar-refractivity contribution in [1.82, 2.24) is 10.9 Å². The molecule has 29 heavy (non-hydrogen) atoms. The van der Waals surface area contributed by atoms with Gasteiger partial charge in [0.05, 0.1) is 0 Å². The lowest BCUT2D eigenvalue weighted by atomic mass is 10.1. The first kappa shape index (κ1) is 20.2. The molecule has 0 aliphatic rings. The van der Waals surface area contributed by atoms with Crippen LogP contribution in [0.2, 0.25) is 5.02 Å². The molecule has 3 aromatic rings. The summed E-state index contributed by atoms with van der Waals surface area (Å²) in [6.07, 6.45) is 2.89. The van der Waals surface area contributed by atoms with Crippen LogP contribution in [0, 0.1) is 6.92 Å². The van der Waals surface area contributed by atoms with Crippen LogP contribution in [-0.4, -0.2) is 11.8 Å². The van der Waals surface area contributed by atoms with Gasteiger partial charge in [-0.05, 0) is 54.5 Å². The maximum Gasteiger partial charge on any atom is 0.305 e. The lowest BCUT2D eigenvalue weighted by molar-refractivity contribution is -0.117. The Bertz CT molecular complexity index is 1030. The topological polar surface area (TPSA) is 80.6 Å². The minimum atomic E-state index is -0.573. The van der Waals surface area contributed by atoms with Crippen LogP contribution in [0.5, 0.6) is 5.75 Å². The van der Waals surface area contributed by atoms with Gasteiger partial charge < -0.3 is 9.15 Å². The number of hydrazine groups is 1. The first-order valence-electron chi connectivity index (χ1n) is 8.82. The molecule has 3 rings (SSSR count). The first-order chi connectivity index (χ1) is 14.0. The van der Waals surface area contributed by atoms with Crippen LogP contribution in [0.1, 0.15) is 27.4 Å². The summed E-state index contributed by atoms with van der Waals surface area (Å²) in [7, 11) is 0. The normalized spacial score (nSPS) is 10.7. The molecule has 1 heterocycles. The van der Waals surface area contributed by atoms with Crippen molar-refractivity contribution in [3.8, 4) is 5.75 Å². The van der Waals surface area contributed by atoms with Gasteiger partial charge in [-0.3, -0.25) is 20.4 Å². The number of rotatable bonds is 6. The van der Waals surface area contributed by atoms with Crippen molar-refractivity contribution in [1.29, 1.82) is 0 Å². The van der Waals surface area contributed by atoms with E-state index in [1.165, 1.54) is 12.1 Å². The SMILES string of the molecule is Cc1ccc(/C=C/C(=O)NNC(=O)c2ccc(COc3ccccc3)o2)cc1Cl. The molecular formula is C22H19ClN2O4. The van der Waals surface area contributed by atoms with Crippen molar-refractivity contribution in [2.75, 3.05) is 0 Å². The predicted octanol–water partition coefficient (Wildman–Crippen LogP) is 4.29. The molecule has 0 aliphatic heterocycles. The van der Waals surface area contributed by atoms with Gasteiger partial charge >= 0.3 is 5.91 Å². The monoisotopic (exact) mass is 410 g/mol. The third-order valence-corrected chi connectivity index (χ3v) is 4.34. The summed E-state index contributed by atoms with van der Waals surface area (Å²) in [5.41, 5.74) is 6.31. The van der Waals surface area contributed by atoms with Crippen LogP contribution in [0.3, 0.4) is 0 Å². The molecule has 7 heteroatoms. The van der Waals surface area contributed by atoms with Crippen molar-refractivity contribution >= 4 is 29.5 Å². The number of furan rings is 1. The highest BCUT2D eigenvalue weighted by Gasteiger charge is 2.12. The summed E-state index contributed by atoms with van der Waals surface area (Å²) in [6.45, 7) is 2.08. The van der Waals surface area contributed by atoms with Gasteiger partial charge in [-0.25, -0.2) is 0 Å². The molecule has 2 N–H and O–H groups in total. The molecule has 0 bridgehead atoms. The fraction of sp³-hybridized carbons (Fsp3) is 0.0909. The second-order valence-corrected chi connectivity index (χ2v) is 6.56. The van der Waals surface area contributed by atoms with Gasteiger partial charge in [0.1, 0.15) is 18.1 Å². The number of carbonyl (C=O) groups is 2. The molecule has 0 unspecified atom stereocenters. The van der Waals surface area contributed by atoms with E-state index in [1.54, 1.807) is 18.2 Å². The van der Waals surface area contributed by atoms with Crippen molar-refractivity contribution in [3.63, 3.8) is 0 Å². The molecule has 0 spiro atoms. The van der Waals surface area contributed by atoms with Gasteiger partial charge in [0.25, 0.3) is 5.91 Å².